The number of hydrogen-bond donors (Lipinski definition) is 1. The van der Waals surface area contributed by atoms with E-state index in [2.05, 4.69) is 9.71 Å². The molecule has 1 aromatic carbocycles. The molecule has 0 unspecified atom stereocenters. The summed E-state index contributed by atoms with van der Waals surface area (Å²) in [5, 5.41) is 0.699. The molecule has 2 aliphatic carbocycles. The van der Waals surface area contributed by atoms with E-state index in [4.69, 9.17) is 14.2 Å². The monoisotopic (exact) mass is 833 g/mol. The van der Waals surface area contributed by atoms with Gasteiger partial charge in [0.25, 0.3) is 0 Å². The third kappa shape index (κ3) is 9.31. The van der Waals surface area contributed by atoms with Crippen molar-refractivity contribution < 1.29 is 55.0 Å². The van der Waals surface area contributed by atoms with Gasteiger partial charge in [-0.25, -0.2) is 13.4 Å². The fourth-order valence-electron chi connectivity index (χ4n) is 8.47. The SMILES string of the molecule is CCOc1cnc(O[C@@H]2C[C@H]3C(=O)C[C@]4(C(=O)NS(=O)(=O)C5CC5)C[C@H]4/C=C\CC[C@@H](C)C[C@@H](CC)[C@H](CC(=O)OC(C)(C)C(F)(F)F)C(=O)N3C2)c2ccccc12. The van der Waals surface area contributed by atoms with Crippen molar-refractivity contribution in [2.45, 2.75) is 128 Å². The predicted molar refractivity (Wildman–Crippen MR) is 208 cm³/mol. The number of carbonyl (C=O) groups excluding carboxylic acids is 4. The summed E-state index contributed by atoms with van der Waals surface area (Å²) in [4.78, 5) is 62.7. The fraction of sp³-hybridized carbons (Fsp3) is 0.643. The Morgan fingerprint density at radius 2 is 1.76 bits per heavy atom. The quantitative estimate of drug-likeness (QED) is 0.188. The summed E-state index contributed by atoms with van der Waals surface area (Å²) < 4.78 is 86.8. The number of halogens is 3. The van der Waals surface area contributed by atoms with Gasteiger partial charge in [-0.15, -0.1) is 0 Å². The zero-order valence-electron chi connectivity index (χ0n) is 33.7. The Kier molecular flexibility index (Phi) is 12.6. The number of aromatic nitrogens is 1. The van der Waals surface area contributed by atoms with E-state index >= 15 is 0 Å². The van der Waals surface area contributed by atoms with Crippen molar-refractivity contribution in [2.24, 2.45) is 29.1 Å². The lowest BCUT2D eigenvalue weighted by molar-refractivity contribution is -0.257. The average molecular weight is 834 g/mol. The summed E-state index contributed by atoms with van der Waals surface area (Å²) in [5.41, 5.74) is -4.17. The summed E-state index contributed by atoms with van der Waals surface area (Å²) >= 11 is 0. The first-order chi connectivity index (χ1) is 27.3. The van der Waals surface area contributed by atoms with Crippen LogP contribution in [-0.2, 0) is 33.9 Å². The molecule has 12 nitrogen and oxygen atoms in total. The molecule has 1 saturated heterocycles. The number of benzene rings is 1. The first-order valence-corrected chi connectivity index (χ1v) is 21.9. The molecule has 4 aliphatic rings. The Balaban J connectivity index is 1.37. The lowest BCUT2D eigenvalue weighted by atomic mass is 9.79. The summed E-state index contributed by atoms with van der Waals surface area (Å²) in [6, 6.07) is 6.15. The van der Waals surface area contributed by atoms with Crippen LogP contribution in [0.3, 0.4) is 0 Å². The Hall–Kier alpha value is -4.21. The van der Waals surface area contributed by atoms with Gasteiger partial charge in [0.05, 0.1) is 48.4 Å². The zero-order chi connectivity index (χ0) is 42.2. The molecule has 3 heterocycles. The van der Waals surface area contributed by atoms with Gasteiger partial charge in [-0.3, -0.25) is 23.9 Å². The Labute approximate surface area is 337 Å². The number of amides is 2. The number of sulfonamides is 1. The number of pyridine rings is 1. The summed E-state index contributed by atoms with van der Waals surface area (Å²) in [6.45, 7) is 7.47. The number of ether oxygens (including phenoxy) is 3. The van der Waals surface area contributed by atoms with Gasteiger partial charge >= 0.3 is 12.1 Å². The second kappa shape index (κ2) is 16.8. The molecule has 1 N–H and O–H groups in total. The topological polar surface area (TPSA) is 158 Å². The molecule has 6 rings (SSSR count). The van der Waals surface area contributed by atoms with Gasteiger partial charge in [0.15, 0.2) is 5.78 Å². The number of esters is 1. The Morgan fingerprint density at radius 1 is 1.05 bits per heavy atom. The number of fused-ring (bicyclic) bond motifs is 3. The molecule has 58 heavy (non-hydrogen) atoms. The lowest BCUT2D eigenvalue weighted by Gasteiger charge is -2.34. The van der Waals surface area contributed by atoms with E-state index in [0.29, 0.717) is 56.3 Å². The molecule has 2 amide bonds. The van der Waals surface area contributed by atoms with Crippen molar-refractivity contribution in [3.8, 4) is 11.6 Å². The number of nitrogens with one attached hydrogen (secondary N) is 1. The Morgan fingerprint density at radius 3 is 2.41 bits per heavy atom. The highest BCUT2D eigenvalue weighted by molar-refractivity contribution is 7.90. The van der Waals surface area contributed by atoms with E-state index in [0.717, 1.165) is 19.2 Å². The molecule has 2 saturated carbocycles. The molecule has 0 spiro atoms. The average Bonchev–Trinajstić information content (AvgIpc) is 4.08. The first kappa shape index (κ1) is 43.4. The van der Waals surface area contributed by atoms with Crippen LogP contribution in [0, 0.1) is 29.1 Å². The van der Waals surface area contributed by atoms with Crippen LogP contribution in [0.2, 0.25) is 0 Å². The van der Waals surface area contributed by atoms with Crippen molar-refractivity contribution in [1.82, 2.24) is 14.6 Å². The first-order valence-electron chi connectivity index (χ1n) is 20.3. The summed E-state index contributed by atoms with van der Waals surface area (Å²) in [6.07, 6.45) is 1.92. The number of Topliss-reactive ketones (excluding diaryl/α,β-unsaturated/α-hetero) is 1. The maximum atomic E-state index is 15.0. The van der Waals surface area contributed by atoms with Gasteiger partial charge in [-0.2, -0.15) is 13.2 Å². The smallest absolute Gasteiger partial charge is 0.427 e. The highest BCUT2D eigenvalue weighted by atomic mass is 32.2. The maximum Gasteiger partial charge on any atom is 0.427 e. The standard InChI is InChI=1S/C42H54F3N3O9S/c1-6-26-18-25(3)12-8-9-13-27-21-41(27,39(52)47-58(53,54)29-16-17-29)22-34(49)33-19-28(56-37-31-15-11-10-14-30(31)35(23-46-37)55-7-2)24-48(33)38(51)32(26)20-36(50)57-40(4,5)42(43,44)45/h9-11,13-15,23,25-29,32-33H,6-8,12,16-22,24H2,1-5H3,(H,47,52)/b13-9-/t25-,26-,27-,28-,32+,33+,41-/m1/s1. The molecule has 0 bridgehead atoms. The van der Waals surface area contributed by atoms with Crippen molar-refractivity contribution in [3.05, 3.63) is 42.6 Å². The minimum absolute atomic E-state index is 0.0160. The van der Waals surface area contributed by atoms with E-state index < -0.39 is 92.4 Å². The predicted octanol–water partition coefficient (Wildman–Crippen LogP) is 6.85. The van der Waals surface area contributed by atoms with E-state index in [-0.39, 0.29) is 37.6 Å². The largest absolute Gasteiger partial charge is 0.492 e. The molecule has 0 radical (unpaired) electrons. The van der Waals surface area contributed by atoms with Gasteiger partial charge in [-0.1, -0.05) is 50.6 Å². The molecule has 7 atom stereocenters. The molecule has 1 aromatic heterocycles. The number of rotatable bonds is 11. The van der Waals surface area contributed by atoms with Gasteiger partial charge in [0.1, 0.15) is 11.9 Å². The molecule has 3 fully saturated rings. The second-order valence-corrected chi connectivity index (χ2v) is 18.9. The van der Waals surface area contributed by atoms with Crippen LogP contribution in [0.25, 0.3) is 10.8 Å². The van der Waals surface area contributed by atoms with E-state index in [9.17, 15) is 40.8 Å². The molecular formula is C42H54F3N3O9S. The van der Waals surface area contributed by atoms with Gasteiger partial charge in [-0.05, 0) is 83.1 Å². The van der Waals surface area contributed by atoms with E-state index in [1.165, 1.54) is 11.1 Å². The van der Waals surface area contributed by atoms with Crippen molar-refractivity contribution in [2.75, 3.05) is 13.2 Å². The minimum atomic E-state index is -4.86. The summed E-state index contributed by atoms with van der Waals surface area (Å²) in [7, 11) is -3.93. The number of allylic oxidation sites excluding steroid dienone is 2. The number of ketones is 1. The molecule has 2 aliphatic heterocycles. The highest BCUT2D eigenvalue weighted by Gasteiger charge is 2.62. The molecular weight excluding hydrogens is 780 g/mol. The van der Waals surface area contributed by atoms with Crippen LogP contribution >= 0.6 is 0 Å². The highest BCUT2D eigenvalue weighted by Crippen LogP contribution is 2.57. The number of nitrogens with zero attached hydrogens (tertiary/aromatic N) is 2. The lowest BCUT2D eigenvalue weighted by Crippen LogP contribution is -2.48. The maximum absolute atomic E-state index is 15.0. The number of carbonyl (C=O) groups is 4. The van der Waals surface area contributed by atoms with Crippen LogP contribution in [0.15, 0.2) is 42.6 Å². The van der Waals surface area contributed by atoms with Crippen LogP contribution in [0.1, 0.15) is 98.8 Å². The fourth-order valence-corrected chi connectivity index (χ4v) is 9.86. The third-order valence-electron chi connectivity index (χ3n) is 12.2. The van der Waals surface area contributed by atoms with Gasteiger partial charge in [0.2, 0.25) is 33.3 Å². The van der Waals surface area contributed by atoms with Gasteiger partial charge < -0.3 is 19.1 Å². The normalized spacial score (nSPS) is 29.1. The van der Waals surface area contributed by atoms with Crippen LogP contribution in [0.5, 0.6) is 11.6 Å². The minimum Gasteiger partial charge on any atom is -0.492 e. The van der Waals surface area contributed by atoms with E-state index in [1.54, 1.807) is 6.07 Å². The van der Waals surface area contributed by atoms with Gasteiger partial charge in [0, 0.05) is 23.6 Å². The van der Waals surface area contributed by atoms with Crippen LogP contribution in [-0.4, -0.2) is 84.2 Å². The summed E-state index contributed by atoms with van der Waals surface area (Å²) in [5.74, 6) is -4.26. The van der Waals surface area contributed by atoms with Crippen molar-refractivity contribution in [3.63, 3.8) is 0 Å². The van der Waals surface area contributed by atoms with Crippen LogP contribution < -0.4 is 14.2 Å². The second-order valence-electron chi connectivity index (χ2n) is 17.0. The zero-order valence-corrected chi connectivity index (χ0v) is 34.5. The number of hydrogen-bond acceptors (Lipinski definition) is 10. The van der Waals surface area contributed by atoms with Crippen LogP contribution in [0.4, 0.5) is 13.2 Å². The molecule has 16 heteroatoms. The van der Waals surface area contributed by atoms with E-state index in [1.807, 2.05) is 51.1 Å². The third-order valence-corrected chi connectivity index (χ3v) is 14.1. The van der Waals surface area contributed by atoms with Crippen molar-refractivity contribution in [1.29, 1.82) is 0 Å². The molecule has 318 valence electrons. The Bertz CT molecular complexity index is 2040. The number of alkyl halides is 3. The molecule has 2 aromatic rings. The van der Waals surface area contributed by atoms with Crippen molar-refractivity contribution >= 4 is 44.4 Å².